The molecule has 1 nitrogen and oxygen atoms in total. The topological polar surface area (TPSA) is 3.24 Å². The van der Waals surface area contributed by atoms with Gasteiger partial charge in [0.1, 0.15) is 0 Å². The van der Waals surface area contributed by atoms with Gasteiger partial charge in [0, 0.05) is 25.7 Å². The number of fused-ring (bicyclic) bond motifs is 1. The number of benzene rings is 2. The third-order valence-electron chi connectivity index (χ3n) is 4.36. The molecule has 1 aliphatic carbocycles. The lowest BCUT2D eigenvalue weighted by molar-refractivity contribution is 0.922. The number of anilines is 1. The van der Waals surface area contributed by atoms with E-state index < -0.39 is 0 Å². The lowest BCUT2D eigenvalue weighted by Gasteiger charge is -2.14. The smallest absolute Gasteiger partial charge is 0.0361 e. The lowest BCUT2D eigenvalue weighted by Crippen LogP contribution is -2.07. The van der Waals surface area contributed by atoms with E-state index in [9.17, 15) is 0 Å². The van der Waals surface area contributed by atoms with Crippen LogP contribution in [-0.4, -0.2) is 14.1 Å². The van der Waals surface area contributed by atoms with Crippen LogP contribution in [0.1, 0.15) is 30.9 Å². The van der Waals surface area contributed by atoms with Gasteiger partial charge in [0.05, 0.1) is 0 Å². The van der Waals surface area contributed by atoms with Crippen molar-refractivity contribution in [3.05, 3.63) is 59.2 Å². The average Bonchev–Trinajstić information content (AvgIpc) is 2.74. The fourth-order valence-corrected chi connectivity index (χ4v) is 2.91. The van der Waals surface area contributed by atoms with Crippen LogP contribution in [0.3, 0.4) is 0 Å². The highest BCUT2D eigenvalue weighted by atomic mass is 15.1. The Labute approximate surface area is 121 Å². The van der Waals surface area contributed by atoms with Crippen molar-refractivity contribution in [2.75, 3.05) is 19.0 Å². The highest BCUT2D eigenvalue weighted by molar-refractivity contribution is 5.82. The van der Waals surface area contributed by atoms with Crippen molar-refractivity contribution in [1.82, 2.24) is 0 Å². The molecule has 1 heteroatoms. The van der Waals surface area contributed by atoms with Gasteiger partial charge in [-0.15, -0.1) is 0 Å². The first kappa shape index (κ1) is 13.0. The van der Waals surface area contributed by atoms with E-state index in [4.69, 9.17) is 0 Å². The van der Waals surface area contributed by atoms with Gasteiger partial charge in [-0.2, -0.15) is 0 Å². The minimum Gasteiger partial charge on any atom is -0.378 e. The maximum Gasteiger partial charge on any atom is 0.0361 e. The monoisotopic (exact) mass is 263 g/mol. The average molecular weight is 263 g/mol. The summed E-state index contributed by atoms with van der Waals surface area (Å²) in [5.74, 6) is 0.547. The molecule has 0 aliphatic heterocycles. The Morgan fingerprint density at radius 1 is 0.950 bits per heavy atom. The summed E-state index contributed by atoms with van der Waals surface area (Å²) in [5.41, 5.74) is 8.19. The summed E-state index contributed by atoms with van der Waals surface area (Å²) in [4.78, 5) is 2.13. The van der Waals surface area contributed by atoms with Gasteiger partial charge in [0.2, 0.25) is 0 Å². The quantitative estimate of drug-likeness (QED) is 0.741. The first-order valence-electron chi connectivity index (χ1n) is 7.17. The molecule has 0 amide bonds. The van der Waals surface area contributed by atoms with Crippen molar-refractivity contribution < 1.29 is 0 Å². The second kappa shape index (κ2) is 4.82. The Balaban J connectivity index is 2.08. The number of hydrogen-bond acceptors (Lipinski definition) is 1. The van der Waals surface area contributed by atoms with E-state index in [0.29, 0.717) is 5.92 Å². The first-order valence-corrected chi connectivity index (χ1v) is 7.17. The Bertz CT molecular complexity index is 663. The van der Waals surface area contributed by atoms with E-state index in [2.05, 4.69) is 81.4 Å². The summed E-state index contributed by atoms with van der Waals surface area (Å²) < 4.78 is 0. The van der Waals surface area contributed by atoms with E-state index in [1.165, 1.54) is 33.5 Å². The van der Waals surface area contributed by atoms with Crippen LogP contribution >= 0.6 is 0 Å². The molecule has 0 heterocycles. The van der Waals surface area contributed by atoms with Crippen molar-refractivity contribution >= 4 is 11.8 Å². The fraction of sp³-hybridized carbons (Fsp3) is 0.263. The summed E-state index contributed by atoms with van der Waals surface area (Å²) in [6.45, 7) is 4.51. The van der Waals surface area contributed by atoms with Gasteiger partial charge in [0.25, 0.3) is 0 Å². The molecular formula is C19H21N. The number of nitrogens with zero attached hydrogens (tertiary/aromatic N) is 1. The second-order valence-corrected chi connectivity index (χ2v) is 5.86. The normalized spacial score (nSPS) is 16.8. The van der Waals surface area contributed by atoms with Crippen LogP contribution < -0.4 is 4.90 Å². The Hall–Kier alpha value is -2.02. The molecule has 0 saturated carbocycles. The predicted molar refractivity (Wildman–Crippen MR) is 88.3 cm³/mol. The van der Waals surface area contributed by atoms with Gasteiger partial charge < -0.3 is 4.90 Å². The van der Waals surface area contributed by atoms with Crippen LogP contribution in [-0.2, 0) is 0 Å². The van der Waals surface area contributed by atoms with Gasteiger partial charge >= 0.3 is 0 Å². The molecule has 0 saturated heterocycles. The van der Waals surface area contributed by atoms with Gasteiger partial charge in [-0.25, -0.2) is 0 Å². The number of allylic oxidation sites excluding steroid dienone is 1. The highest BCUT2D eigenvalue weighted by Crippen LogP contribution is 2.40. The number of rotatable bonds is 2. The van der Waals surface area contributed by atoms with Crippen molar-refractivity contribution in [2.24, 2.45) is 0 Å². The van der Waals surface area contributed by atoms with E-state index in [0.717, 1.165) is 0 Å². The van der Waals surface area contributed by atoms with Crippen LogP contribution in [0.15, 0.2) is 48.0 Å². The maximum absolute atomic E-state index is 2.34. The Morgan fingerprint density at radius 3 is 2.30 bits per heavy atom. The molecule has 0 fully saturated rings. The first-order chi connectivity index (χ1) is 9.58. The molecule has 0 N–H and O–H groups in total. The second-order valence-electron chi connectivity index (χ2n) is 5.86. The van der Waals surface area contributed by atoms with Gasteiger partial charge in [0.15, 0.2) is 0 Å². The standard InChI is InChI=1S/C19H21N/c1-13-12-19-17(14(13)2)6-5-7-18(19)15-8-10-16(11-9-15)20(3)4/h5-12,14H,1-4H3. The summed E-state index contributed by atoms with van der Waals surface area (Å²) in [7, 11) is 4.14. The van der Waals surface area contributed by atoms with Gasteiger partial charge in [-0.3, -0.25) is 0 Å². The van der Waals surface area contributed by atoms with Crippen LogP contribution in [0.2, 0.25) is 0 Å². The molecule has 0 radical (unpaired) electrons. The summed E-state index contributed by atoms with van der Waals surface area (Å²) in [6.07, 6.45) is 2.34. The maximum atomic E-state index is 2.34. The minimum absolute atomic E-state index is 0.547. The van der Waals surface area contributed by atoms with Crippen molar-refractivity contribution in [1.29, 1.82) is 0 Å². The Morgan fingerprint density at radius 2 is 1.65 bits per heavy atom. The Kier molecular flexibility index (Phi) is 3.13. The number of hydrogen-bond donors (Lipinski definition) is 0. The van der Waals surface area contributed by atoms with Crippen LogP contribution in [0, 0.1) is 0 Å². The van der Waals surface area contributed by atoms with Crippen LogP contribution in [0.4, 0.5) is 5.69 Å². The summed E-state index contributed by atoms with van der Waals surface area (Å²) in [5, 5.41) is 0. The molecular weight excluding hydrogens is 242 g/mol. The molecule has 2 aromatic rings. The minimum atomic E-state index is 0.547. The van der Waals surface area contributed by atoms with Crippen molar-refractivity contribution in [3.63, 3.8) is 0 Å². The summed E-state index contributed by atoms with van der Waals surface area (Å²) in [6, 6.07) is 15.5. The molecule has 0 bridgehead atoms. The molecule has 1 aliphatic rings. The molecule has 20 heavy (non-hydrogen) atoms. The molecule has 2 aromatic carbocycles. The zero-order valence-corrected chi connectivity index (χ0v) is 12.6. The molecule has 0 spiro atoms. The summed E-state index contributed by atoms with van der Waals surface area (Å²) >= 11 is 0. The SMILES string of the molecule is CC1=Cc2c(-c3ccc(N(C)C)cc3)cccc2C1C. The molecule has 1 atom stereocenters. The predicted octanol–water partition coefficient (Wildman–Crippen LogP) is 4.94. The fourth-order valence-electron chi connectivity index (χ4n) is 2.91. The zero-order valence-electron chi connectivity index (χ0n) is 12.6. The molecule has 1 unspecified atom stereocenters. The molecule has 0 aromatic heterocycles. The third kappa shape index (κ3) is 2.03. The zero-order chi connectivity index (χ0) is 14.3. The highest BCUT2D eigenvalue weighted by Gasteiger charge is 2.20. The van der Waals surface area contributed by atoms with E-state index in [-0.39, 0.29) is 0 Å². The van der Waals surface area contributed by atoms with Gasteiger partial charge in [-0.05, 0) is 41.3 Å². The van der Waals surface area contributed by atoms with E-state index in [1.54, 1.807) is 0 Å². The van der Waals surface area contributed by atoms with Gasteiger partial charge in [-0.1, -0.05) is 48.9 Å². The van der Waals surface area contributed by atoms with E-state index >= 15 is 0 Å². The molecule has 3 rings (SSSR count). The van der Waals surface area contributed by atoms with Crippen LogP contribution in [0.25, 0.3) is 17.2 Å². The molecule has 102 valence electrons. The largest absolute Gasteiger partial charge is 0.378 e. The lowest BCUT2D eigenvalue weighted by atomic mass is 9.93. The van der Waals surface area contributed by atoms with Crippen molar-refractivity contribution in [3.8, 4) is 11.1 Å². The third-order valence-corrected chi connectivity index (χ3v) is 4.36. The van der Waals surface area contributed by atoms with Crippen LogP contribution in [0.5, 0.6) is 0 Å². The van der Waals surface area contributed by atoms with Crippen molar-refractivity contribution in [2.45, 2.75) is 19.8 Å². The van der Waals surface area contributed by atoms with E-state index in [1.807, 2.05) is 0 Å².